The molecule has 3 aromatic heterocycles. The average molecular weight is 407 g/mol. The molecule has 0 saturated heterocycles. The minimum absolute atomic E-state index is 0.157. The van der Waals surface area contributed by atoms with Crippen molar-refractivity contribution < 1.29 is 4.79 Å². The van der Waals surface area contributed by atoms with E-state index in [1.165, 1.54) is 4.68 Å². The molecule has 0 aliphatic carbocycles. The van der Waals surface area contributed by atoms with Gasteiger partial charge >= 0.3 is 0 Å². The van der Waals surface area contributed by atoms with Gasteiger partial charge in [0, 0.05) is 18.1 Å². The minimum atomic E-state index is -0.379. The van der Waals surface area contributed by atoms with Crippen molar-refractivity contribution in [3.05, 3.63) is 90.3 Å². The lowest BCUT2D eigenvalue weighted by molar-refractivity contribution is 0.102. The van der Waals surface area contributed by atoms with Crippen molar-refractivity contribution in [2.45, 2.75) is 0 Å². The second kappa shape index (κ2) is 7.68. The molecular formula is C23H17N7O. The number of amides is 1. The number of carbonyl (C=O) groups is 1. The number of nitrogen functional groups attached to an aromatic ring is 1. The van der Waals surface area contributed by atoms with Gasteiger partial charge in [0.05, 0.1) is 17.2 Å². The number of aromatic nitrogens is 4. The van der Waals surface area contributed by atoms with E-state index in [9.17, 15) is 4.79 Å². The Balaban J connectivity index is 1.68. The quantitative estimate of drug-likeness (QED) is 0.441. The van der Waals surface area contributed by atoms with E-state index >= 15 is 0 Å². The Labute approximate surface area is 177 Å². The molecule has 0 aliphatic heterocycles. The largest absolute Gasteiger partial charge is 0.383 e. The Morgan fingerprint density at radius 3 is 2.35 bits per heavy atom. The summed E-state index contributed by atoms with van der Waals surface area (Å²) in [5.41, 5.74) is 10.2. The van der Waals surface area contributed by atoms with Crippen LogP contribution in [0.15, 0.2) is 84.2 Å². The first-order chi connectivity index (χ1) is 15.2. The molecule has 0 unspecified atom stereocenters. The summed E-state index contributed by atoms with van der Waals surface area (Å²) in [6, 6.07) is 20.2. The van der Waals surface area contributed by atoms with Crippen LogP contribution in [0.5, 0.6) is 0 Å². The molecule has 8 heteroatoms. The van der Waals surface area contributed by atoms with E-state index in [0.717, 1.165) is 5.56 Å². The molecule has 0 saturated carbocycles. The van der Waals surface area contributed by atoms with Crippen LogP contribution < -0.4 is 11.1 Å². The summed E-state index contributed by atoms with van der Waals surface area (Å²) >= 11 is 0. The van der Waals surface area contributed by atoms with Crippen molar-refractivity contribution in [2.75, 3.05) is 11.1 Å². The Morgan fingerprint density at radius 2 is 1.61 bits per heavy atom. The molecule has 150 valence electrons. The predicted molar refractivity (Wildman–Crippen MR) is 121 cm³/mol. The number of nitrogens with two attached hydrogens (primary N) is 1. The smallest absolute Gasteiger partial charge is 0.261 e. The van der Waals surface area contributed by atoms with Crippen molar-refractivity contribution in [1.29, 1.82) is 0 Å². The van der Waals surface area contributed by atoms with Crippen molar-refractivity contribution >= 4 is 45.8 Å². The number of rotatable bonds is 4. The summed E-state index contributed by atoms with van der Waals surface area (Å²) in [5.74, 6) is -0.222. The second-order valence-electron chi connectivity index (χ2n) is 6.80. The van der Waals surface area contributed by atoms with Gasteiger partial charge in [-0.1, -0.05) is 30.3 Å². The zero-order chi connectivity index (χ0) is 21.2. The normalized spacial score (nSPS) is 11.4. The van der Waals surface area contributed by atoms with Crippen LogP contribution in [0, 0.1) is 0 Å². The first-order valence-electron chi connectivity index (χ1n) is 9.58. The van der Waals surface area contributed by atoms with Gasteiger partial charge in [0.15, 0.2) is 5.65 Å². The Kier molecular flexibility index (Phi) is 4.57. The fourth-order valence-corrected chi connectivity index (χ4v) is 3.28. The number of pyridine rings is 1. The third-order valence-electron chi connectivity index (χ3n) is 4.76. The third kappa shape index (κ3) is 3.46. The van der Waals surface area contributed by atoms with Crippen LogP contribution >= 0.6 is 0 Å². The van der Waals surface area contributed by atoms with Crippen LogP contribution in [-0.2, 0) is 0 Å². The number of benzene rings is 2. The number of carbonyl (C=O) groups excluding carboxylic acids is 1. The predicted octanol–water partition coefficient (Wildman–Crippen LogP) is 3.70. The molecule has 0 spiro atoms. The van der Waals surface area contributed by atoms with E-state index in [1.54, 1.807) is 30.7 Å². The van der Waals surface area contributed by atoms with Crippen LogP contribution in [0.25, 0.3) is 22.2 Å². The molecule has 0 aliphatic rings. The van der Waals surface area contributed by atoms with E-state index in [0.29, 0.717) is 27.9 Å². The fraction of sp³-hybridized carbons (Fsp3) is 0. The molecule has 0 radical (unpaired) electrons. The van der Waals surface area contributed by atoms with Crippen molar-refractivity contribution in [3.63, 3.8) is 0 Å². The zero-order valence-corrected chi connectivity index (χ0v) is 16.3. The first kappa shape index (κ1) is 18.4. The number of fused-ring (bicyclic) bond motifs is 2. The molecule has 3 N–H and O–H groups in total. The van der Waals surface area contributed by atoms with Gasteiger partial charge in [0.1, 0.15) is 16.9 Å². The Morgan fingerprint density at radius 1 is 0.935 bits per heavy atom. The summed E-state index contributed by atoms with van der Waals surface area (Å²) in [6.07, 6.45) is 4.97. The van der Waals surface area contributed by atoms with E-state index in [-0.39, 0.29) is 17.3 Å². The summed E-state index contributed by atoms with van der Waals surface area (Å²) in [6.45, 7) is 0. The SMILES string of the molecule is Nc1c(C(=O)Nc2ccccc2)c2nc3ccccc3nc2n1/N=C\c1ccncc1. The molecule has 31 heavy (non-hydrogen) atoms. The molecule has 0 fully saturated rings. The van der Waals surface area contributed by atoms with Crippen LogP contribution in [0.3, 0.4) is 0 Å². The van der Waals surface area contributed by atoms with E-state index in [4.69, 9.17) is 5.73 Å². The van der Waals surface area contributed by atoms with Gasteiger partial charge in [-0.2, -0.15) is 9.78 Å². The Bertz CT molecular complexity index is 1430. The maximum Gasteiger partial charge on any atom is 0.261 e. The van der Waals surface area contributed by atoms with Gasteiger partial charge in [-0.15, -0.1) is 0 Å². The number of nitrogens with one attached hydrogen (secondary N) is 1. The van der Waals surface area contributed by atoms with Gasteiger partial charge in [-0.05, 0) is 42.0 Å². The molecule has 0 bridgehead atoms. The summed E-state index contributed by atoms with van der Waals surface area (Å²) in [7, 11) is 0. The van der Waals surface area contributed by atoms with E-state index in [1.807, 2.05) is 54.6 Å². The third-order valence-corrected chi connectivity index (χ3v) is 4.76. The van der Waals surface area contributed by atoms with Gasteiger partial charge in [-0.25, -0.2) is 9.97 Å². The number of hydrogen-bond donors (Lipinski definition) is 2. The maximum absolute atomic E-state index is 13.1. The zero-order valence-electron chi connectivity index (χ0n) is 16.3. The topological polar surface area (TPSA) is 111 Å². The molecule has 0 atom stereocenters. The van der Waals surface area contributed by atoms with Crippen LogP contribution in [-0.4, -0.2) is 31.7 Å². The van der Waals surface area contributed by atoms with Crippen LogP contribution in [0.2, 0.25) is 0 Å². The lowest BCUT2D eigenvalue weighted by Gasteiger charge is -2.05. The molecule has 5 aromatic rings. The highest BCUT2D eigenvalue weighted by Crippen LogP contribution is 2.28. The lowest BCUT2D eigenvalue weighted by Crippen LogP contribution is -2.14. The molecule has 8 nitrogen and oxygen atoms in total. The van der Waals surface area contributed by atoms with Crippen molar-refractivity contribution in [1.82, 2.24) is 19.6 Å². The lowest BCUT2D eigenvalue weighted by atomic mass is 10.2. The van der Waals surface area contributed by atoms with E-state index < -0.39 is 0 Å². The Hall–Kier alpha value is -4.59. The molecule has 5 rings (SSSR count). The van der Waals surface area contributed by atoms with Crippen LogP contribution in [0.1, 0.15) is 15.9 Å². The highest BCUT2D eigenvalue weighted by molar-refractivity contribution is 6.16. The van der Waals surface area contributed by atoms with E-state index in [2.05, 4.69) is 25.4 Å². The first-order valence-corrected chi connectivity index (χ1v) is 9.58. The number of nitrogens with zero attached hydrogens (tertiary/aromatic N) is 5. The molecule has 2 aromatic carbocycles. The molecule has 1 amide bonds. The fourth-order valence-electron chi connectivity index (χ4n) is 3.28. The van der Waals surface area contributed by atoms with Gasteiger partial charge in [0.25, 0.3) is 5.91 Å². The number of anilines is 2. The van der Waals surface area contributed by atoms with Crippen LogP contribution in [0.4, 0.5) is 11.5 Å². The number of para-hydroxylation sites is 3. The number of hydrogen-bond acceptors (Lipinski definition) is 6. The monoisotopic (exact) mass is 407 g/mol. The highest BCUT2D eigenvalue weighted by atomic mass is 16.1. The van der Waals surface area contributed by atoms with Gasteiger partial charge in [0.2, 0.25) is 0 Å². The van der Waals surface area contributed by atoms with Gasteiger partial charge < -0.3 is 11.1 Å². The van der Waals surface area contributed by atoms with Crippen molar-refractivity contribution in [2.24, 2.45) is 5.10 Å². The average Bonchev–Trinajstić information content (AvgIpc) is 3.07. The highest BCUT2D eigenvalue weighted by Gasteiger charge is 2.24. The molecular weight excluding hydrogens is 390 g/mol. The standard InChI is InChI=1S/C23H17N7O/c24-21-19(23(31)27-16-6-2-1-3-7-16)20-22(29-18-9-5-4-8-17(18)28-20)30(21)26-14-15-10-12-25-13-11-15/h1-14H,24H2,(H,27,31)/b26-14-. The minimum Gasteiger partial charge on any atom is -0.383 e. The summed E-state index contributed by atoms with van der Waals surface area (Å²) in [4.78, 5) is 26.5. The maximum atomic E-state index is 13.1. The molecule has 3 heterocycles. The summed E-state index contributed by atoms with van der Waals surface area (Å²) in [5, 5.41) is 7.34. The van der Waals surface area contributed by atoms with Crippen molar-refractivity contribution in [3.8, 4) is 0 Å². The van der Waals surface area contributed by atoms with Gasteiger partial charge in [-0.3, -0.25) is 9.78 Å². The summed E-state index contributed by atoms with van der Waals surface area (Å²) < 4.78 is 1.44. The second-order valence-corrected chi connectivity index (χ2v) is 6.80.